The summed E-state index contributed by atoms with van der Waals surface area (Å²) in [5, 5.41) is 18.3. The van der Waals surface area contributed by atoms with E-state index in [4.69, 9.17) is 5.11 Å². The summed E-state index contributed by atoms with van der Waals surface area (Å²) >= 11 is 0. The topological polar surface area (TPSA) is 74.6 Å². The Kier molecular flexibility index (Phi) is 19.2. The molecular weight excluding hydrogens is 376 g/mol. The first-order valence-corrected chi connectivity index (χ1v) is 12.8. The van der Waals surface area contributed by atoms with Crippen LogP contribution in [0.4, 0.5) is 0 Å². The summed E-state index contributed by atoms with van der Waals surface area (Å²) in [7, 11) is 0. The summed E-state index contributed by atoms with van der Waals surface area (Å²) in [6.45, 7) is 6.70. The lowest BCUT2D eigenvalue weighted by atomic mass is 9.81. The van der Waals surface area contributed by atoms with Gasteiger partial charge in [-0.2, -0.15) is 0 Å². The van der Waals surface area contributed by atoms with Crippen LogP contribution in [-0.2, 0) is 9.59 Å². The minimum absolute atomic E-state index is 0.167. The smallest absolute Gasteiger partial charge is 0.306 e. The number of unbranched alkanes of at least 4 members (excludes halogenated alkanes) is 12. The molecule has 2 unspecified atom stereocenters. The van der Waals surface area contributed by atoms with Gasteiger partial charge in [0.1, 0.15) is 0 Å². The SMILES string of the molecule is CCCCCCCC(CC(CCCCCCCCCCCC(=O)O)C(C)C)C(=O)O. The van der Waals surface area contributed by atoms with Crippen LogP contribution in [0, 0.1) is 17.8 Å². The molecule has 178 valence electrons. The second-order valence-corrected chi connectivity index (χ2v) is 9.59. The van der Waals surface area contributed by atoms with Crippen LogP contribution in [0.25, 0.3) is 0 Å². The van der Waals surface area contributed by atoms with Crippen LogP contribution in [0.3, 0.4) is 0 Å². The third kappa shape index (κ3) is 17.8. The standard InChI is InChI=1S/C26H50O4/c1-4-5-6-12-16-19-24(26(29)30)21-23(22(2)3)18-15-13-10-8-7-9-11-14-17-20-25(27)28/h22-24H,4-21H2,1-3H3,(H,27,28)(H,29,30). The number of aliphatic carboxylic acids is 2. The molecular formula is C26H50O4. The van der Waals surface area contributed by atoms with Gasteiger partial charge in [-0.3, -0.25) is 9.59 Å². The second-order valence-electron chi connectivity index (χ2n) is 9.59. The van der Waals surface area contributed by atoms with Gasteiger partial charge < -0.3 is 10.2 Å². The molecule has 0 aliphatic carbocycles. The van der Waals surface area contributed by atoms with Crippen molar-refractivity contribution in [1.82, 2.24) is 0 Å². The van der Waals surface area contributed by atoms with Crippen LogP contribution in [0.5, 0.6) is 0 Å². The normalized spacial score (nSPS) is 13.5. The van der Waals surface area contributed by atoms with E-state index in [1.54, 1.807) is 0 Å². The molecule has 2 N–H and O–H groups in total. The highest BCUT2D eigenvalue weighted by Gasteiger charge is 2.24. The van der Waals surface area contributed by atoms with Crippen LogP contribution in [0.15, 0.2) is 0 Å². The Balaban J connectivity index is 3.91. The van der Waals surface area contributed by atoms with Crippen LogP contribution in [0.1, 0.15) is 136 Å². The summed E-state index contributed by atoms with van der Waals surface area (Å²) in [5.41, 5.74) is 0. The highest BCUT2D eigenvalue weighted by molar-refractivity contribution is 5.69. The molecule has 0 fully saturated rings. The Morgan fingerprint density at radius 3 is 1.60 bits per heavy atom. The lowest BCUT2D eigenvalue weighted by molar-refractivity contribution is -0.143. The molecule has 4 nitrogen and oxygen atoms in total. The van der Waals surface area contributed by atoms with Gasteiger partial charge in [0.15, 0.2) is 0 Å². The quantitative estimate of drug-likeness (QED) is 0.172. The summed E-state index contributed by atoms with van der Waals surface area (Å²) in [5.74, 6) is -0.371. The molecule has 0 rings (SSSR count). The molecule has 4 heteroatoms. The molecule has 0 amide bonds. The van der Waals surface area contributed by atoms with Gasteiger partial charge in [-0.15, -0.1) is 0 Å². The van der Waals surface area contributed by atoms with Crippen molar-refractivity contribution in [2.75, 3.05) is 0 Å². The zero-order valence-electron chi connectivity index (χ0n) is 20.2. The molecule has 0 aliphatic heterocycles. The highest BCUT2D eigenvalue weighted by Crippen LogP contribution is 2.29. The third-order valence-corrected chi connectivity index (χ3v) is 6.50. The second kappa shape index (κ2) is 19.9. The molecule has 0 saturated carbocycles. The minimum Gasteiger partial charge on any atom is -0.481 e. The van der Waals surface area contributed by atoms with Gasteiger partial charge in [0.05, 0.1) is 5.92 Å². The van der Waals surface area contributed by atoms with E-state index in [1.165, 1.54) is 64.2 Å². The van der Waals surface area contributed by atoms with Gasteiger partial charge in [-0.1, -0.05) is 111 Å². The molecule has 0 aromatic carbocycles. The first kappa shape index (κ1) is 28.9. The van der Waals surface area contributed by atoms with Crippen molar-refractivity contribution in [3.63, 3.8) is 0 Å². The van der Waals surface area contributed by atoms with E-state index < -0.39 is 11.9 Å². The van der Waals surface area contributed by atoms with Crippen LogP contribution in [0.2, 0.25) is 0 Å². The van der Waals surface area contributed by atoms with Gasteiger partial charge >= 0.3 is 11.9 Å². The maximum Gasteiger partial charge on any atom is 0.306 e. The molecule has 2 atom stereocenters. The van der Waals surface area contributed by atoms with Crippen molar-refractivity contribution in [2.45, 2.75) is 136 Å². The minimum atomic E-state index is -0.684. The van der Waals surface area contributed by atoms with E-state index in [1.807, 2.05) is 0 Å². The van der Waals surface area contributed by atoms with E-state index in [9.17, 15) is 14.7 Å². The van der Waals surface area contributed by atoms with Crippen LogP contribution < -0.4 is 0 Å². The fourth-order valence-electron chi connectivity index (χ4n) is 4.35. The number of rotatable bonds is 22. The predicted octanol–water partition coefficient (Wildman–Crippen LogP) is 8.09. The van der Waals surface area contributed by atoms with Crippen LogP contribution >= 0.6 is 0 Å². The molecule has 0 aromatic rings. The van der Waals surface area contributed by atoms with Gasteiger partial charge in [-0.25, -0.2) is 0 Å². The van der Waals surface area contributed by atoms with E-state index in [2.05, 4.69) is 20.8 Å². The summed E-state index contributed by atoms with van der Waals surface area (Å²) < 4.78 is 0. The zero-order chi connectivity index (χ0) is 22.6. The fourth-order valence-corrected chi connectivity index (χ4v) is 4.35. The van der Waals surface area contributed by atoms with Crippen molar-refractivity contribution in [3.8, 4) is 0 Å². The lowest BCUT2D eigenvalue weighted by Crippen LogP contribution is -2.21. The summed E-state index contributed by atoms with van der Waals surface area (Å²) in [6.07, 6.45) is 19.5. The largest absolute Gasteiger partial charge is 0.481 e. The average molecular weight is 427 g/mol. The van der Waals surface area contributed by atoms with Gasteiger partial charge in [0.2, 0.25) is 0 Å². The Morgan fingerprint density at radius 2 is 1.13 bits per heavy atom. The van der Waals surface area contributed by atoms with Gasteiger partial charge in [0.25, 0.3) is 0 Å². The maximum absolute atomic E-state index is 11.7. The van der Waals surface area contributed by atoms with Gasteiger partial charge in [0, 0.05) is 6.42 Å². The molecule has 0 aliphatic rings. The molecule has 0 aromatic heterocycles. The van der Waals surface area contributed by atoms with Crippen LogP contribution in [-0.4, -0.2) is 22.2 Å². The predicted molar refractivity (Wildman–Crippen MR) is 126 cm³/mol. The maximum atomic E-state index is 11.7. The highest BCUT2D eigenvalue weighted by atomic mass is 16.4. The zero-order valence-corrected chi connectivity index (χ0v) is 20.2. The van der Waals surface area contributed by atoms with Crippen molar-refractivity contribution in [1.29, 1.82) is 0 Å². The molecule has 0 radical (unpaired) electrons. The summed E-state index contributed by atoms with van der Waals surface area (Å²) in [4.78, 5) is 22.2. The van der Waals surface area contributed by atoms with Crippen molar-refractivity contribution in [2.24, 2.45) is 17.8 Å². The molecule has 0 saturated heterocycles. The van der Waals surface area contributed by atoms with Gasteiger partial charge in [-0.05, 0) is 31.1 Å². The Bertz CT molecular complexity index is 419. The monoisotopic (exact) mass is 426 g/mol. The Labute approximate surface area is 186 Å². The van der Waals surface area contributed by atoms with E-state index in [-0.39, 0.29) is 5.92 Å². The molecule has 0 heterocycles. The number of carbonyl (C=O) groups is 2. The third-order valence-electron chi connectivity index (χ3n) is 6.50. The Hall–Kier alpha value is -1.06. The van der Waals surface area contributed by atoms with Crippen molar-refractivity contribution < 1.29 is 19.8 Å². The van der Waals surface area contributed by atoms with E-state index in [0.717, 1.165) is 44.9 Å². The lowest BCUT2D eigenvalue weighted by Gasteiger charge is -2.24. The molecule has 0 spiro atoms. The van der Waals surface area contributed by atoms with E-state index >= 15 is 0 Å². The first-order valence-electron chi connectivity index (χ1n) is 12.8. The number of carboxylic acid groups (broad SMARTS) is 2. The van der Waals surface area contributed by atoms with Crippen molar-refractivity contribution >= 4 is 11.9 Å². The first-order chi connectivity index (χ1) is 14.4. The van der Waals surface area contributed by atoms with E-state index in [0.29, 0.717) is 18.3 Å². The summed E-state index contributed by atoms with van der Waals surface area (Å²) in [6, 6.07) is 0. The number of carboxylic acids is 2. The number of hydrogen-bond donors (Lipinski definition) is 2. The average Bonchev–Trinajstić information content (AvgIpc) is 2.68. The van der Waals surface area contributed by atoms with Crippen molar-refractivity contribution in [3.05, 3.63) is 0 Å². The Morgan fingerprint density at radius 1 is 0.667 bits per heavy atom. The fraction of sp³-hybridized carbons (Fsp3) is 0.923. The number of hydrogen-bond acceptors (Lipinski definition) is 2. The molecule has 30 heavy (non-hydrogen) atoms. The molecule has 0 bridgehead atoms.